The maximum Gasteiger partial charge on any atom is 0.120 e. The van der Waals surface area contributed by atoms with Crippen LogP contribution in [0.25, 0.3) is 0 Å². The first-order valence-electron chi connectivity index (χ1n) is 7.96. The molecule has 0 saturated carbocycles. The van der Waals surface area contributed by atoms with E-state index in [1.165, 1.54) is 5.56 Å². The summed E-state index contributed by atoms with van der Waals surface area (Å²) in [4.78, 5) is 2.39. The van der Waals surface area contributed by atoms with Gasteiger partial charge in [0.1, 0.15) is 11.5 Å². The number of ether oxygens (including phenoxy) is 1. The third-order valence-corrected chi connectivity index (χ3v) is 4.07. The van der Waals surface area contributed by atoms with Gasteiger partial charge in [0, 0.05) is 24.8 Å². The maximum absolute atomic E-state index is 6.04. The minimum atomic E-state index is 0.109. The summed E-state index contributed by atoms with van der Waals surface area (Å²) in [6.45, 7) is 12.1. The molecule has 0 aromatic carbocycles. The Morgan fingerprint density at radius 3 is 2.57 bits per heavy atom. The number of aryl methyl sites for hydroxylation is 1. The summed E-state index contributed by atoms with van der Waals surface area (Å²) in [5, 5.41) is 3.49. The van der Waals surface area contributed by atoms with Crippen LogP contribution in [-0.2, 0) is 17.8 Å². The molecule has 0 spiro atoms. The second-order valence-corrected chi connectivity index (χ2v) is 7.18. The molecule has 1 saturated heterocycles. The van der Waals surface area contributed by atoms with E-state index in [9.17, 15) is 0 Å². The molecular formula is C17H30N2O2. The maximum atomic E-state index is 6.04. The van der Waals surface area contributed by atoms with Gasteiger partial charge in [-0.05, 0) is 59.2 Å². The van der Waals surface area contributed by atoms with E-state index in [0.29, 0.717) is 6.04 Å². The van der Waals surface area contributed by atoms with Crippen molar-refractivity contribution in [2.75, 3.05) is 20.3 Å². The van der Waals surface area contributed by atoms with E-state index in [1.807, 2.05) is 0 Å². The molecule has 1 N–H and O–H groups in total. The summed E-state index contributed by atoms with van der Waals surface area (Å²) in [7, 11) is 2.18. The summed E-state index contributed by atoms with van der Waals surface area (Å²) >= 11 is 0. The van der Waals surface area contributed by atoms with Crippen molar-refractivity contribution >= 4 is 0 Å². The Bertz CT molecular complexity index is 442. The fraction of sp³-hybridized carbons (Fsp3) is 0.765. The first-order valence-corrected chi connectivity index (χ1v) is 7.96. The number of hydrogen-bond acceptors (Lipinski definition) is 4. The van der Waals surface area contributed by atoms with Gasteiger partial charge >= 0.3 is 0 Å². The molecule has 1 aliphatic heterocycles. The highest BCUT2D eigenvalue weighted by molar-refractivity contribution is 5.20. The number of rotatable bonds is 5. The highest BCUT2D eigenvalue weighted by Gasteiger charge is 2.20. The standard InChI is InChI=1S/C17H30N2O2/c1-13-10-15(21-16(13)11-18-17(2,3)4)12-19(5)14-6-8-20-9-7-14/h10,14,18H,6-9,11-12H2,1-5H3. The Kier molecular flexibility index (Phi) is 5.47. The van der Waals surface area contributed by atoms with Gasteiger partial charge in [-0.25, -0.2) is 0 Å². The zero-order valence-corrected chi connectivity index (χ0v) is 14.2. The molecule has 2 heterocycles. The quantitative estimate of drug-likeness (QED) is 0.905. The second kappa shape index (κ2) is 6.95. The first-order chi connectivity index (χ1) is 9.85. The zero-order valence-electron chi connectivity index (χ0n) is 14.2. The van der Waals surface area contributed by atoms with Crippen LogP contribution in [0.2, 0.25) is 0 Å². The molecule has 0 bridgehead atoms. The smallest absolute Gasteiger partial charge is 0.120 e. The molecule has 1 aromatic rings. The van der Waals surface area contributed by atoms with Gasteiger partial charge in [-0.15, -0.1) is 0 Å². The second-order valence-electron chi connectivity index (χ2n) is 7.18. The Hall–Kier alpha value is -0.840. The molecule has 2 rings (SSSR count). The van der Waals surface area contributed by atoms with E-state index in [4.69, 9.17) is 9.15 Å². The van der Waals surface area contributed by atoms with Gasteiger partial charge in [-0.3, -0.25) is 4.90 Å². The van der Waals surface area contributed by atoms with Gasteiger partial charge in [-0.2, -0.15) is 0 Å². The Morgan fingerprint density at radius 2 is 1.95 bits per heavy atom. The molecule has 0 atom stereocenters. The predicted molar refractivity (Wildman–Crippen MR) is 85.3 cm³/mol. The van der Waals surface area contributed by atoms with Gasteiger partial charge in [-0.1, -0.05) is 0 Å². The van der Waals surface area contributed by atoms with Crippen molar-refractivity contribution in [2.45, 2.75) is 65.2 Å². The molecule has 1 aromatic heterocycles. The van der Waals surface area contributed by atoms with Crippen LogP contribution >= 0.6 is 0 Å². The SMILES string of the molecule is Cc1cc(CN(C)C2CCOCC2)oc1CNC(C)(C)C. The molecule has 4 nitrogen and oxygen atoms in total. The zero-order chi connectivity index (χ0) is 15.5. The average molecular weight is 294 g/mol. The molecule has 0 amide bonds. The lowest BCUT2D eigenvalue weighted by molar-refractivity contribution is 0.0386. The van der Waals surface area contributed by atoms with Crippen molar-refractivity contribution in [2.24, 2.45) is 0 Å². The van der Waals surface area contributed by atoms with Gasteiger partial charge in [0.2, 0.25) is 0 Å². The topological polar surface area (TPSA) is 37.6 Å². The van der Waals surface area contributed by atoms with E-state index < -0.39 is 0 Å². The van der Waals surface area contributed by atoms with Gasteiger partial charge in [0.05, 0.1) is 13.1 Å². The number of hydrogen-bond donors (Lipinski definition) is 1. The van der Waals surface area contributed by atoms with Crippen molar-refractivity contribution in [1.82, 2.24) is 10.2 Å². The average Bonchev–Trinajstić information content (AvgIpc) is 2.77. The molecular weight excluding hydrogens is 264 g/mol. The molecule has 1 fully saturated rings. The van der Waals surface area contributed by atoms with Crippen molar-refractivity contribution in [1.29, 1.82) is 0 Å². The third-order valence-electron chi connectivity index (χ3n) is 4.07. The number of furan rings is 1. The summed E-state index contributed by atoms with van der Waals surface area (Å²) in [5.41, 5.74) is 1.35. The van der Waals surface area contributed by atoms with Crippen LogP contribution in [0.4, 0.5) is 0 Å². The van der Waals surface area contributed by atoms with E-state index in [-0.39, 0.29) is 5.54 Å². The molecule has 120 valence electrons. The summed E-state index contributed by atoms with van der Waals surface area (Å²) < 4.78 is 11.5. The van der Waals surface area contributed by atoms with Crippen LogP contribution < -0.4 is 5.32 Å². The summed E-state index contributed by atoms with van der Waals surface area (Å²) in [5.74, 6) is 2.12. The Balaban J connectivity index is 1.91. The van der Waals surface area contributed by atoms with Crippen LogP contribution in [0.1, 0.15) is 50.7 Å². The van der Waals surface area contributed by atoms with Gasteiger partial charge < -0.3 is 14.5 Å². The highest BCUT2D eigenvalue weighted by atomic mass is 16.5. The Labute approximate surface area is 128 Å². The van der Waals surface area contributed by atoms with Crippen LogP contribution in [-0.4, -0.2) is 36.7 Å². The minimum Gasteiger partial charge on any atom is -0.463 e. The lowest BCUT2D eigenvalue weighted by Crippen LogP contribution is -2.36. The fourth-order valence-electron chi connectivity index (χ4n) is 2.69. The van der Waals surface area contributed by atoms with Crippen LogP contribution in [0, 0.1) is 6.92 Å². The van der Waals surface area contributed by atoms with Gasteiger partial charge in [0.15, 0.2) is 0 Å². The van der Waals surface area contributed by atoms with E-state index in [2.05, 4.69) is 51.0 Å². The molecule has 21 heavy (non-hydrogen) atoms. The molecule has 0 radical (unpaired) electrons. The van der Waals surface area contributed by atoms with Crippen molar-refractivity contribution < 1.29 is 9.15 Å². The monoisotopic (exact) mass is 294 g/mol. The first kappa shape index (κ1) is 16.5. The van der Waals surface area contributed by atoms with Gasteiger partial charge in [0.25, 0.3) is 0 Å². The summed E-state index contributed by atoms with van der Waals surface area (Å²) in [6, 6.07) is 2.79. The normalized spacial score (nSPS) is 17.6. The number of nitrogens with one attached hydrogen (secondary N) is 1. The highest BCUT2D eigenvalue weighted by Crippen LogP contribution is 2.20. The lowest BCUT2D eigenvalue weighted by atomic mass is 10.1. The van der Waals surface area contributed by atoms with Crippen LogP contribution in [0.5, 0.6) is 0 Å². The van der Waals surface area contributed by atoms with E-state index in [1.54, 1.807) is 0 Å². The summed E-state index contributed by atoms with van der Waals surface area (Å²) in [6.07, 6.45) is 2.24. The van der Waals surface area contributed by atoms with Crippen molar-refractivity contribution in [3.63, 3.8) is 0 Å². The van der Waals surface area contributed by atoms with E-state index >= 15 is 0 Å². The number of nitrogens with zero attached hydrogens (tertiary/aromatic N) is 1. The third kappa shape index (κ3) is 5.13. The van der Waals surface area contributed by atoms with E-state index in [0.717, 1.165) is 50.7 Å². The molecule has 4 heteroatoms. The largest absolute Gasteiger partial charge is 0.463 e. The minimum absolute atomic E-state index is 0.109. The van der Waals surface area contributed by atoms with Crippen LogP contribution in [0.3, 0.4) is 0 Å². The lowest BCUT2D eigenvalue weighted by Gasteiger charge is -2.30. The predicted octanol–water partition coefficient (Wildman–Crippen LogP) is 3.09. The van der Waals surface area contributed by atoms with Crippen LogP contribution in [0.15, 0.2) is 10.5 Å². The molecule has 0 unspecified atom stereocenters. The van der Waals surface area contributed by atoms with Crippen molar-refractivity contribution in [3.8, 4) is 0 Å². The van der Waals surface area contributed by atoms with Crippen molar-refractivity contribution in [3.05, 3.63) is 23.2 Å². The fourth-order valence-corrected chi connectivity index (χ4v) is 2.69. The molecule has 1 aliphatic rings. The Morgan fingerprint density at radius 1 is 1.29 bits per heavy atom. The molecule has 0 aliphatic carbocycles.